The predicted octanol–water partition coefficient (Wildman–Crippen LogP) is 2.23. The van der Waals surface area contributed by atoms with E-state index in [2.05, 4.69) is 20.4 Å². The minimum atomic E-state index is -0.503. The fraction of sp³-hybridized carbons (Fsp3) is 0. The normalized spacial score (nSPS) is 11.5. The molecule has 4 aromatic rings. The van der Waals surface area contributed by atoms with Crippen molar-refractivity contribution in [2.24, 2.45) is 0 Å². The number of fused-ring (bicyclic) bond motifs is 3. The lowest BCUT2D eigenvalue weighted by Gasteiger charge is -2.03. The SMILES string of the molecule is Fc1cc(-c2nnc3ccc4nncn4n23)ccc1Cl. The van der Waals surface area contributed by atoms with Crippen molar-refractivity contribution in [1.82, 2.24) is 29.4 Å². The summed E-state index contributed by atoms with van der Waals surface area (Å²) >= 11 is 5.69. The van der Waals surface area contributed by atoms with E-state index < -0.39 is 5.82 Å². The average Bonchev–Trinajstić information content (AvgIpc) is 3.06. The summed E-state index contributed by atoms with van der Waals surface area (Å²) in [5, 5.41) is 16.0. The summed E-state index contributed by atoms with van der Waals surface area (Å²) in [6.45, 7) is 0. The van der Waals surface area contributed by atoms with Gasteiger partial charge in [-0.15, -0.1) is 20.4 Å². The zero-order valence-electron chi connectivity index (χ0n) is 9.90. The molecule has 0 aliphatic heterocycles. The maximum atomic E-state index is 13.6. The molecule has 0 saturated heterocycles. The molecule has 0 bridgehead atoms. The molecule has 0 aliphatic carbocycles. The van der Waals surface area contributed by atoms with Crippen molar-refractivity contribution in [3.63, 3.8) is 0 Å². The van der Waals surface area contributed by atoms with Crippen LogP contribution in [0.3, 0.4) is 0 Å². The molecule has 0 unspecified atom stereocenters. The van der Waals surface area contributed by atoms with E-state index in [9.17, 15) is 4.39 Å². The molecule has 1 aromatic carbocycles. The van der Waals surface area contributed by atoms with Gasteiger partial charge in [-0.3, -0.25) is 0 Å². The van der Waals surface area contributed by atoms with Crippen LogP contribution in [-0.2, 0) is 0 Å². The van der Waals surface area contributed by atoms with E-state index in [0.29, 0.717) is 22.7 Å². The Labute approximate surface area is 116 Å². The van der Waals surface area contributed by atoms with Crippen LogP contribution in [-0.4, -0.2) is 29.4 Å². The molecule has 98 valence electrons. The summed E-state index contributed by atoms with van der Waals surface area (Å²) in [5.41, 5.74) is 1.83. The van der Waals surface area contributed by atoms with E-state index in [1.54, 1.807) is 33.6 Å². The lowest BCUT2D eigenvalue weighted by atomic mass is 10.2. The minimum Gasteiger partial charge on any atom is -0.213 e. The molecule has 20 heavy (non-hydrogen) atoms. The van der Waals surface area contributed by atoms with Gasteiger partial charge in [0.2, 0.25) is 0 Å². The highest BCUT2D eigenvalue weighted by Gasteiger charge is 2.13. The Kier molecular flexibility index (Phi) is 2.25. The third-order valence-electron chi connectivity index (χ3n) is 3.00. The molecule has 0 fully saturated rings. The molecule has 0 atom stereocenters. The van der Waals surface area contributed by atoms with Crippen LogP contribution in [0, 0.1) is 5.82 Å². The van der Waals surface area contributed by atoms with Crippen molar-refractivity contribution in [2.45, 2.75) is 0 Å². The second-order valence-corrected chi connectivity index (χ2v) is 4.60. The third-order valence-corrected chi connectivity index (χ3v) is 3.30. The van der Waals surface area contributed by atoms with E-state index in [0.717, 1.165) is 0 Å². The number of hydrogen-bond acceptors (Lipinski definition) is 4. The summed E-state index contributed by atoms with van der Waals surface area (Å²) in [7, 11) is 0. The molecule has 3 heterocycles. The van der Waals surface area contributed by atoms with Crippen molar-refractivity contribution in [2.75, 3.05) is 0 Å². The molecule has 4 rings (SSSR count). The molecule has 3 aromatic heterocycles. The average molecular weight is 289 g/mol. The van der Waals surface area contributed by atoms with Crippen molar-refractivity contribution >= 4 is 22.9 Å². The monoisotopic (exact) mass is 288 g/mol. The Hall–Kier alpha value is -2.54. The minimum absolute atomic E-state index is 0.0667. The topological polar surface area (TPSA) is 60.4 Å². The Morgan fingerprint density at radius 3 is 2.70 bits per heavy atom. The number of halogens is 2. The van der Waals surface area contributed by atoms with Gasteiger partial charge in [0, 0.05) is 5.56 Å². The number of hydrogen-bond donors (Lipinski definition) is 0. The van der Waals surface area contributed by atoms with Gasteiger partial charge in [0.05, 0.1) is 5.02 Å². The smallest absolute Gasteiger partial charge is 0.184 e. The Morgan fingerprint density at radius 1 is 1.00 bits per heavy atom. The van der Waals surface area contributed by atoms with E-state index in [-0.39, 0.29) is 5.02 Å². The summed E-state index contributed by atoms with van der Waals surface area (Å²) in [6.07, 6.45) is 1.54. The summed E-state index contributed by atoms with van der Waals surface area (Å²) in [6, 6.07) is 8.04. The second kappa shape index (κ2) is 3.97. The van der Waals surface area contributed by atoms with Crippen LogP contribution in [0.1, 0.15) is 0 Å². The first-order chi connectivity index (χ1) is 9.74. The van der Waals surface area contributed by atoms with Crippen LogP contribution in [0.25, 0.3) is 22.7 Å². The van der Waals surface area contributed by atoms with Crippen LogP contribution in [0.2, 0.25) is 5.02 Å². The fourth-order valence-electron chi connectivity index (χ4n) is 2.08. The lowest BCUT2D eigenvalue weighted by molar-refractivity contribution is 0.628. The third kappa shape index (κ3) is 1.50. The maximum Gasteiger partial charge on any atom is 0.184 e. The molecule has 0 spiro atoms. The summed E-state index contributed by atoms with van der Waals surface area (Å²) in [4.78, 5) is 0. The van der Waals surface area contributed by atoms with Gasteiger partial charge >= 0.3 is 0 Å². The van der Waals surface area contributed by atoms with E-state index >= 15 is 0 Å². The predicted molar refractivity (Wildman–Crippen MR) is 69.9 cm³/mol. The maximum absolute atomic E-state index is 13.6. The molecule has 0 N–H and O–H groups in total. The molecule has 8 heteroatoms. The summed E-state index contributed by atoms with van der Waals surface area (Å²) < 4.78 is 17.0. The van der Waals surface area contributed by atoms with Gasteiger partial charge in [-0.05, 0) is 30.3 Å². The van der Waals surface area contributed by atoms with Crippen molar-refractivity contribution in [1.29, 1.82) is 0 Å². The van der Waals surface area contributed by atoms with Gasteiger partial charge in [0.25, 0.3) is 0 Å². The van der Waals surface area contributed by atoms with Crippen molar-refractivity contribution in [3.05, 3.63) is 47.5 Å². The molecule has 6 nitrogen and oxygen atoms in total. The molecule has 0 amide bonds. The zero-order valence-corrected chi connectivity index (χ0v) is 10.7. The van der Waals surface area contributed by atoms with Gasteiger partial charge in [-0.25, -0.2) is 13.4 Å². The van der Waals surface area contributed by atoms with E-state index in [1.807, 2.05) is 0 Å². The second-order valence-electron chi connectivity index (χ2n) is 4.19. The van der Waals surface area contributed by atoms with Gasteiger partial charge < -0.3 is 0 Å². The Bertz CT molecular complexity index is 944. The van der Waals surface area contributed by atoms with Gasteiger partial charge in [-0.1, -0.05) is 11.6 Å². The standard InChI is InChI=1S/C12H6ClFN6/c13-8-2-1-7(5-9(8)14)12-18-17-11-4-3-10-16-15-6-19(10)20(11)12/h1-6H. The first kappa shape index (κ1) is 11.3. The number of aromatic nitrogens is 6. The van der Waals surface area contributed by atoms with E-state index in [4.69, 9.17) is 11.6 Å². The van der Waals surface area contributed by atoms with Gasteiger partial charge in [-0.2, -0.15) is 0 Å². The molecule has 0 aliphatic rings. The first-order valence-corrected chi connectivity index (χ1v) is 6.11. The number of nitrogens with zero attached hydrogens (tertiary/aromatic N) is 6. The molecular weight excluding hydrogens is 283 g/mol. The largest absolute Gasteiger partial charge is 0.213 e. The Balaban J connectivity index is 2.08. The van der Waals surface area contributed by atoms with Crippen LogP contribution in [0.5, 0.6) is 0 Å². The van der Waals surface area contributed by atoms with Crippen molar-refractivity contribution in [3.8, 4) is 11.4 Å². The first-order valence-electron chi connectivity index (χ1n) is 5.73. The van der Waals surface area contributed by atoms with Gasteiger partial charge in [0.15, 0.2) is 17.1 Å². The van der Waals surface area contributed by atoms with E-state index in [1.165, 1.54) is 12.1 Å². The molecular formula is C12H6ClFN6. The zero-order chi connectivity index (χ0) is 13.7. The fourth-order valence-corrected chi connectivity index (χ4v) is 2.19. The number of benzene rings is 1. The number of rotatable bonds is 1. The van der Waals surface area contributed by atoms with Crippen molar-refractivity contribution < 1.29 is 4.39 Å². The van der Waals surface area contributed by atoms with Crippen LogP contribution in [0.4, 0.5) is 4.39 Å². The highest BCUT2D eigenvalue weighted by Crippen LogP contribution is 2.23. The van der Waals surface area contributed by atoms with Gasteiger partial charge in [0.1, 0.15) is 12.1 Å². The van der Waals surface area contributed by atoms with Crippen LogP contribution in [0.15, 0.2) is 36.7 Å². The Morgan fingerprint density at radius 2 is 1.85 bits per heavy atom. The summed E-state index contributed by atoms with van der Waals surface area (Å²) in [5.74, 6) is -0.0159. The molecule has 0 saturated carbocycles. The van der Waals surface area contributed by atoms with Crippen LogP contribution < -0.4 is 0 Å². The molecule has 0 radical (unpaired) electrons. The van der Waals surface area contributed by atoms with Crippen LogP contribution >= 0.6 is 11.6 Å². The lowest BCUT2D eigenvalue weighted by Crippen LogP contribution is -2.01. The highest BCUT2D eigenvalue weighted by atomic mass is 35.5. The highest BCUT2D eigenvalue weighted by molar-refractivity contribution is 6.30. The quantitative estimate of drug-likeness (QED) is 0.539.